The van der Waals surface area contributed by atoms with E-state index in [4.69, 9.17) is 4.74 Å². The van der Waals surface area contributed by atoms with Crippen LogP contribution >= 0.6 is 0 Å². The first kappa shape index (κ1) is 10.9. The number of benzene rings is 1. The molecule has 1 aliphatic heterocycles. The quantitative estimate of drug-likeness (QED) is 0.812. The van der Waals surface area contributed by atoms with Crippen LogP contribution in [-0.4, -0.2) is 36.3 Å². The van der Waals surface area contributed by atoms with Gasteiger partial charge >= 0.3 is 0 Å². The Morgan fingerprint density at radius 3 is 2.75 bits per heavy atom. The van der Waals surface area contributed by atoms with Gasteiger partial charge in [-0.05, 0) is 17.7 Å². The zero-order valence-electron chi connectivity index (χ0n) is 8.97. The molecule has 4 nitrogen and oxygen atoms in total. The minimum atomic E-state index is -0.295. The van der Waals surface area contributed by atoms with E-state index in [2.05, 4.69) is 11.0 Å². The van der Waals surface area contributed by atoms with Crippen molar-refractivity contribution in [2.75, 3.05) is 26.3 Å². The summed E-state index contributed by atoms with van der Waals surface area (Å²) in [5.74, 6) is 0.200. The van der Waals surface area contributed by atoms with Crippen molar-refractivity contribution in [2.45, 2.75) is 6.04 Å². The average Bonchev–Trinajstić information content (AvgIpc) is 2.31. The zero-order valence-corrected chi connectivity index (χ0v) is 8.97. The number of phenolic OH excluding ortho intramolecular Hbond substituents is 1. The summed E-state index contributed by atoms with van der Waals surface area (Å²) in [7, 11) is 0. The number of phenols is 1. The molecule has 1 heterocycles. The number of hydrogen-bond donors (Lipinski definition) is 1. The fourth-order valence-corrected chi connectivity index (χ4v) is 1.90. The summed E-state index contributed by atoms with van der Waals surface area (Å²) >= 11 is 0. The molecule has 1 aromatic rings. The van der Waals surface area contributed by atoms with Crippen LogP contribution < -0.4 is 0 Å². The van der Waals surface area contributed by atoms with Crippen molar-refractivity contribution in [1.29, 1.82) is 5.26 Å². The molecule has 4 heteroatoms. The highest BCUT2D eigenvalue weighted by atomic mass is 16.5. The topological polar surface area (TPSA) is 56.5 Å². The van der Waals surface area contributed by atoms with Crippen LogP contribution in [0.4, 0.5) is 0 Å². The summed E-state index contributed by atoms with van der Waals surface area (Å²) in [6, 6.07) is 8.85. The van der Waals surface area contributed by atoms with Crippen LogP contribution in [0.15, 0.2) is 24.3 Å². The van der Waals surface area contributed by atoms with Gasteiger partial charge in [-0.25, -0.2) is 0 Å². The van der Waals surface area contributed by atoms with Gasteiger partial charge in [0.05, 0.1) is 19.3 Å². The molecule has 0 spiro atoms. The second-order valence-corrected chi connectivity index (χ2v) is 3.77. The van der Waals surface area contributed by atoms with E-state index in [9.17, 15) is 10.4 Å². The molecule has 0 amide bonds. The van der Waals surface area contributed by atoms with Gasteiger partial charge in [-0.3, -0.25) is 4.90 Å². The van der Waals surface area contributed by atoms with E-state index in [0.717, 1.165) is 18.7 Å². The molecule has 1 aromatic carbocycles. The van der Waals surface area contributed by atoms with Crippen LogP contribution in [0.5, 0.6) is 5.75 Å². The molecule has 1 aliphatic rings. The van der Waals surface area contributed by atoms with Gasteiger partial charge in [-0.1, -0.05) is 12.1 Å². The molecule has 1 fully saturated rings. The molecule has 0 aliphatic carbocycles. The fourth-order valence-electron chi connectivity index (χ4n) is 1.90. The van der Waals surface area contributed by atoms with E-state index in [1.807, 2.05) is 6.07 Å². The Bertz CT molecular complexity index is 394. The Balaban J connectivity index is 2.18. The predicted molar refractivity (Wildman–Crippen MR) is 58.9 cm³/mol. The number of hydrogen-bond acceptors (Lipinski definition) is 4. The first-order chi connectivity index (χ1) is 7.81. The maximum absolute atomic E-state index is 9.40. The molecule has 0 bridgehead atoms. The van der Waals surface area contributed by atoms with Crippen LogP contribution in [0.1, 0.15) is 11.6 Å². The molecule has 0 saturated carbocycles. The molecule has 0 aromatic heterocycles. The minimum absolute atomic E-state index is 0.200. The Morgan fingerprint density at radius 1 is 1.38 bits per heavy atom. The van der Waals surface area contributed by atoms with Crippen molar-refractivity contribution in [2.24, 2.45) is 0 Å². The zero-order chi connectivity index (χ0) is 11.4. The summed E-state index contributed by atoms with van der Waals surface area (Å²) < 4.78 is 5.25. The number of nitrogens with zero attached hydrogens (tertiary/aromatic N) is 2. The molecule has 16 heavy (non-hydrogen) atoms. The Morgan fingerprint density at radius 2 is 2.12 bits per heavy atom. The lowest BCUT2D eigenvalue weighted by atomic mass is 10.1. The van der Waals surface area contributed by atoms with E-state index in [1.54, 1.807) is 18.2 Å². The second-order valence-electron chi connectivity index (χ2n) is 3.77. The van der Waals surface area contributed by atoms with Crippen LogP contribution in [0, 0.1) is 11.3 Å². The van der Waals surface area contributed by atoms with Crippen LogP contribution in [0.2, 0.25) is 0 Å². The third kappa shape index (κ3) is 2.32. The molecular weight excluding hydrogens is 204 g/mol. The van der Waals surface area contributed by atoms with Crippen molar-refractivity contribution < 1.29 is 9.84 Å². The van der Waals surface area contributed by atoms with Crippen molar-refractivity contribution in [3.63, 3.8) is 0 Å². The Labute approximate surface area is 94.7 Å². The van der Waals surface area contributed by atoms with Gasteiger partial charge in [-0.2, -0.15) is 5.26 Å². The minimum Gasteiger partial charge on any atom is -0.508 e. The Hall–Kier alpha value is -1.57. The third-order valence-electron chi connectivity index (χ3n) is 2.72. The van der Waals surface area contributed by atoms with E-state index in [-0.39, 0.29) is 11.8 Å². The van der Waals surface area contributed by atoms with Crippen molar-refractivity contribution >= 4 is 0 Å². The van der Waals surface area contributed by atoms with Gasteiger partial charge < -0.3 is 9.84 Å². The van der Waals surface area contributed by atoms with E-state index in [0.29, 0.717) is 13.2 Å². The van der Waals surface area contributed by atoms with Crippen LogP contribution in [-0.2, 0) is 4.74 Å². The van der Waals surface area contributed by atoms with Crippen molar-refractivity contribution in [1.82, 2.24) is 4.90 Å². The number of aromatic hydroxyl groups is 1. The molecule has 1 saturated heterocycles. The lowest BCUT2D eigenvalue weighted by molar-refractivity contribution is 0.0266. The summed E-state index contributed by atoms with van der Waals surface area (Å²) in [6.07, 6.45) is 0. The van der Waals surface area contributed by atoms with E-state index < -0.39 is 0 Å². The largest absolute Gasteiger partial charge is 0.508 e. The predicted octanol–water partition coefficient (Wildman–Crippen LogP) is 1.29. The maximum atomic E-state index is 9.40. The molecule has 0 radical (unpaired) electrons. The number of morpholine rings is 1. The molecule has 1 N–H and O–H groups in total. The first-order valence-electron chi connectivity index (χ1n) is 5.31. The summed E-state index contributed by atoms with van der Waals surface area (Å²) in [4.78, 5) is 2.07. The fraction of sp³-hybridized carbons (Fsp3) is 0.417. The normalized spacial score (nSPS) is 18.9. The molecule has 2 rings (SSSR count). The summed E-state index contributed by atoms with van der Waals surface area (Å²) in [6.45, 7) is 2.84. The van der Waals surface area contributed by atoms with Gasteiger partial charge in [0.1, 0.15) is 11.8 Å². The molecular formula is C12H14N2O2. The van der Waals surface area contributed by atoms with Crippen LogP contribution in [0.25, 0.3) is 0 Å². The Kier molecular flexibility index (Phi) is 3.40. The molecule has 1 atom stereocenters. The lowest BCUT2D eigenvalue weighted by Crippen LogP contribution is -2.38. The number of rotatable bonds is 2. The maximum Gasteiger partial charge on any atom is 0.124 e. The van der Waals surface area contributed by atoms with Gasteiger partial charge in [0.15, 0.2) is 0 Å². The van der Waals surface area contributed by atoms with Gasteiger partial charge in [0.25, 0.3) is 0 Å². The highest BCUT2D eigenvalue weighted by Gasteiger charge is 2.22. The second kappa shape index (κ2) is 4.97. The van der Waals surface area contributed by atoms with Gasteiger partial charge in [0, 0.05) is 13.1 Å². The SMILES string of the molecule is N#C[C@@H](c1cccc(O)c1)N1CCOCC1. The van der Waals surface area contributed by atoms with Crippen molar-refractivity contribution in [3.05, 3.63) is 29.8 Å². The number of ether oxygens (including phenoxy) is 1. The number of nitriles is 1. The highest BCUT2D eigenvalue weighted by molar-refractivity contribution is 5.32. The van der Waals surface area contributed by atoms with Gasteiger partial charge in [-0.15, -0.1) is 0 Å². The van der Waals surface area contributed by atoms with Crippen molar-refractivity contribution in [3.8, 4) is 11.8 Å². The molecule has 0 unspecified atom stereocenters. The lowest BCUT2D eigenvalue weighted by Gasteiger charge is -2.30. The monoisotopic (exact) mass is 218 g/mol. The highest BCUT2D eigenvalue weighted by Crippen LogP contribution is 2.23. The smallest absolute Gasteiger partial charge is 0.124 e. The summed E-state index contributed by atoms with van der Waals surface area (Å²) in [5.41, 5.74) is 0.837. The standard InChI is InChI=1S/C12H14N2O2/c13-9-12(14-4-6-16-7-5-14)10-2-1-3-11(15)8-10/h1-3,8,12,15H,4-7H2/t12-/m0/s1. The van der Waals surface area contributed by atoms with E-state index >= 15 is 0 Å². The first-order valence-corrected chi connectivity index (χ1v) is 5.31. The van der Waals surface area contributed by atoms with Crippen LogP contribution in [0.3, 0.4) is 0 Å². The average molecular weight is 218 g/mol. The summed E-state index contributed by atoms with van der Waals surface area (Å²) in [5, 5.41) is 18.6. The van der Waals surface area contributed by atoms with Gasteiger partial charge in [0.2, 0.25) is 0 Å². The third-order valence-corrected chi connectivity index (χ3v) is 2.72. The molecule has 84 valence electrons. The van der Waals surface area contributed by atoms with E-state index in [1.165, 1.54) is 0 Å².